The summed E-state index contributed by atoms with van der Waals surface area (Å²) >= 11 is 6.07. The molecular weight excluding hydrogens is 318 g/mol. The van der Waals surface area contributed by atoms with Crippen LogP contribution in [0.4, 0.5) is 4.79 Å². The second kappa shape index (κ2) is 7.99. The standard InChI is InChI=1S/C17H24ClNO4/c18-15-7-3-5-13(11-15)17(23,8-1-2-10-20)14-6-4-9-19(12-14)16(21)22/h3,5,7,11,14,20,23H,1-2,4,6,8-10,12H2,(H,21,22)/t14?,17-/m1/s1. The molecule has 1 unspecified atom stereocenters. The van der Waals surface area contributed by atoms with Gasteiger partial charge < -0.3 is 20.2 Å². The van der Waals surface area contributed by atoms with Crippen molar-refractivity contribution in [2.75, 3.05) is 19.7 Å². The van der Waals surface area contributed by atoms with Crippen molar-refractivity contribution >= 4 is 17.7 Å². The fraction of sp³-hybridized carbons (Fsp3) is 0.588. The van der Waals surface area contributed by atoms with Crippen molar-refractivity contribution in [3.8, 4) is 0 Å². The molecule has 1 amide bonds. The van der Waals surface area contributed by atoms with Crippen LogP contribution in [-0.4, -0.2) is 46.0 Å². The van der Waals surface area contributed by atoms with Crippen LogP contribution in [0.2, 0.25) is 5.02 Å². The Kier molecular flexibility index (Phi) is 6.27. The summed E-state index contributed by atoms with van der Waals surface area (Å²) in [7, 11) is 0. The van der Waals surface area contributed by atoms with Crippen molar-refractivity contribution < 1.29 is 20.1 Å². The van der Waals surface area contributed by atoms with E-state index >= 15 is 0 Å². The van der Waals surface area contributed by atoms with E-state index in [0.717, 1.165) is 18.4 Å². The Morgan fingerprint density at radius 3 is 2.83 bits per heavy atom. The topological polar surface area (TPSA) is 81.0 Å². The highest BCUT2D eigenvalue weighted by molar-refractivity contribution is 6.30. The van der Waals surface area contributed by atoms with E-state index in [1.807, 2.05) is 6.07 Å². The first kappa shape index (κ1) is 18.0. The molecular formula is C17H24ClNO4. The lowest BCUT2D eigenvalue weighted by atomic mass is 9.74. The van der Waals surface area contributed by atoms with Crippen molar-refractivity contribution in [3.05, 3.63) is 34.9 Å². The van der Waals surface area contributed by atoms with E-state index in [1.54, 1.807) is 18.2 Å². The molecule has 1 heterocycles. The van der Waals surface area contributed by atoms with Crippen LogP contribution < -0.4 is 0 Å². The molecule has 1 aliphatic rings. The van der Waals surface area contributed by atoms with Crippen LogP contribution in [0.25, 0.3) is 0 Å². The maximum atomic E-state index is 11.4. The third-order valence-corrected chi connectivity index (χ3v) is 4.89. The van der Waals surface area contributed by atoms with Crippen molar-refractivity contribution in [1.82, 2.24) is 4.90 Å². The van der Waals surface area contributed by atoms with Gasteiger partial charge in [0.2, 0.25) is 0 Å². The number of unbranched alkanes of at least 4 members (excludes halogenated alkanes) is 1. The molecule has 6 heteroatoms. The van der Waals surface area contributed by atoms with Gasteiger partial charge in [0.05, 0.1) is 5.60 Å². The number of hydrogen-bond acceptors (Lipinski definition) is 3. The third kappa shape index (κ3) is 4.37. The molecule has 128 valence electrons. The Morgan fingerprint density at radius 2 is 2.17 bits per heavy atom. The van der Waals surface area contributed by atoms with Crippen LogP contribution in [0.5, 0.6) is 0 Å². The van der Waals surface area contributed by atoms with E-state index in [2.05, 4.69) is 0 Å². The number of piperidine rings is 1. The Hall–Kier alpha value is -1.30. The highest BCUT2D eigenvalue weighted by atomic mass is 35.5. The molecule has 0 radical (unpaired) electrons. The summed E-state index contributed by atoms with van der Waals surface area (Å²) in [5, 5.41) is 30.2. The average molecular weight is 342 g/mol. The molecule has 2 atom stereocenters. The quantitative estimate of drug-likeness (QED) is 0.694. The maximum Gasteiger partial charge on any atom is 0.407 e. The lowest BCUT2D eigenvalue weighted by Gasteiger charge is -2.42. The number of amides is 1. The van der Waals surface area contributed by atoms with Gasteiger partial charge in [0, 0.05) is 30.6 Å². The number of hydrogen-bond donors (Lipinski definition) is 3. The van der Waals surface area contributed by atoms with Gasteiger partial charge >= 0.3 is 6.09 Å². The number of halogens is 1. The van der Waals surface area contributed by atoms with E-state index in [1.165, 1.54) is 4.90 Å². The van der Waals surface area contributed by atoms with Crippen LogP contribution in [0.3, 0.4) is 0 Å². The van der Waals surface area contributed by atoms with E-state index in [9.17, 15) is 15.0 Å². The molecule has 0 saturated carbocycles. The number of aliphatic hydroxyl groups is 2. The summed E-state index contributed by atoms with van der Waals surface area (Å²) < 4.78 is 0. The number of aliphatic hydroxyl groups excluding tert-OH is 1. The van der Waals surface area contributed by atoms with Crippen LogP contribution >= 0.6 is 11.6 Å². The van der Waals surface area contributed by atoms with Crippen LogP contribution in [-0.2, 0) is 5.60 Å². The zero-order chi connectivity index (χ0) is 16.9. The van der Waals surface area contributed by atoms with Crippen LogP contribution in [0.15, 0.2) is 24.3 Å². The van der Waals surface area contributed by atoms with E-state index in [4.69, 9.17) is 16.7 Å². The Labute approximate surface area is 141 Å². The lowest BCUT2D eigenvalue weighted by molar-refractivity contribution is -0.0583. The van der Waals surface area contributed by atoms with E-state index < -0.39 is 11.7 Å². The second-order valence-corrected chi connectivity index (χ2v) is 6.62. The van der Waals surface area contributed by atoms with Crippen LogP contribution in [0.1, 0.15) is 37.7 Å². The first-order valence-corrected chi connectivity index (χ1v) is 8.42. The number of carboxylic acid groups (broad SMARTS) is 1. The van der Waals surface area contributed by atoms with Gasteiger partial charge in [0.15, 0.2) is 0 Å². The lowest BCUT2D eigenvalue weighted by Crippen LogP contribution is -2.47. The number of rotatable bonds is 6. The largest absolute Gasteiger partial charge is 0.465 e. The zero-order valence-corrected chi connectivity index (χ0v) is 13.9. The van der Waals surface area contributed by atoms with E-state index in [0.29, 0.717) is 37.4 Å². The molecule has 0 aliphatic carbocycles. The summed E-state index contributed by atoms with van der Waals surface area (Å²) in [6.45, 7) is 0.906. The molecule has 1 aliphatic heterocycles. The van der Waals surface area contributed by atoms with Gasteiger partial charge in [-0.05, 0) is 49.8 Å². The molecule has 0 aromatic heterocycles. The minimum atomic E-state index is -1.13. The number of benzene rings is 1. The van der Waals surface area contributed by atoms with Crippen molar-refractivity contribution in [3.63, 3.8) is 0 Å². The first-order chi connectivity index (χ1) is 11.0. The number of likely N-dealkylation sites (tertiary alicyclic amines) is 1. The summed E-state index contributed by atoms with van der Waals surface area (Å²) in [5.74, 6) is -0.176. The Balaban J connectivity index is 2.27. The molecule has 5 nitrogen and oxygen atoms in total. The van der Waals surface area contributed by atoms with Gasteiger partial charge in [-0.15, -0.1) is 0 Å². The monoisotopic (exact) mass is 341 g/mol. The fourth-order valence-corrected chi connectivity index (χ4v) is 3.58. The number of nitrogens with zero attached hydrogens (tertiary/aromatic N) is 1. The molecule has 23 heavy (non-hydrogen) atoms. The molecule has 1 aromatic carbocycles. The maximum absolute atomic E-state index is 11.4. The molecule has 2 rings (SSSR count). The smallest absolute Gasteiger partial charge is 0.407 e. The highest BCUT2D eigenvalue weighted by Crippen LogP contribution is 2.40. The summed E-state index contributed by atoms with van der Waals surface area (Å²) in [6.07, 6.45) is 2.32. The second-order valence-electron chi connectivity index (χ2n) is 6.18. The molecule has 3 N–H and O–H groups in total. The summed E-state index contributed by atoms with van der Waals surface area (Å²) in [5.41, 5.74) is -0.408. The minimum Gasteiger partial charge on any atom is -0.465 e. The summed E-state index contributed by atoms with van der Waals surface area (Å²) in [4.78, 5) is 12.6. The van der Waals surface area contributed by atoms with Crippen molar-refractivity contribution in [2.45, 2.75) is 37.7 Å². The van der Waals surface area contributed by atoms with Gasteiger partial charge in [-0.1, -0.05) is 23.7 Å². The first-order valence-electron chi connectivity index (χ1n) is 8.04. The van der Waals surface area contributed by atoms with Gasteiger partial charge in [0.25, 0.3) is 0 Å². The molecule has 1 saturated heterocycles. The molecule has 0 bridgehead atoms. The fourth-order valence-electron chi connectivity index (χ4n) is 3.39. The zero-order valence-electron chi connectivity index (χ0n) is 13.1. The highest BCUT2D eigenvalue weighted by Gasteiger charge is 2.41. The normalized spacial score (nSPS) is 21.0. The Morgan fingerprint density at radius 1 is 1.39 bits per heavy atom. The van der Waals surface area contributed by atoms with Crippen LogP contribution in [0, 0.1) is 5.92 Å². The van der Waals surface area contributed by atoms with Crippen molar-refractivity contribution in [1.29, 1.82) is 0 Å². The van der Waals surface area contributed by atoms with E-state index in [-0.39, 0.29) is 12.5 Å². The molecule has 1 aromatic rings. The van der Waals surface area contributed by atoms with Gasteiger partial charge in [-0.25, -0.2) is 4.79 Å². The van der Waals surface area contributed by atoms with Gasteiger partial charge in [0.1, 0.15) is 0 Å². The SMILES string of the molecule is O=C(O)N1CCCC([C@@](O)(CCCCO)c2cccc(Cl)c2)C1. The Bertz CT molecular complexity index is 539. The third-order valence-electron chi connectivity index (χ3n) is 4.66. The summed E-state index contributed by atoms with van der Waals surface area (Å²) in [6, 6.07) is 7.14. The predicted molar refractivity (Wildman–Crippen MR) is 88.6 cm³/mol. The molecule has 1 fully saturated rings. The minimum absolute atomic E-state index is 0.0809. The number of carbonyl (C=O) groups is 1. The van der Waals surface area contributed by atoms with Crippen molar-refractivity contribution in [2.24, 2.45) is 5.92 Å². The predicted octanol–water partition coefficient (Wildman–Crippen LogP) is 3.08. The molecule has 0 spiro atoms. The van der Waals surface area contributed by atoms with Gasteiger partial charge in [-0.2, -0.15) is 0 Å². The average Bonchev–Trinajstić information content (AvgIpc) is 2.55. The van der Waals surface area contributed by atoms with Gasteiger partial charge in [-0.3, -0.25) is 0 Å².